The first kappa shape index (κ1) is 18.8. The van der Waals surface area contributed by atoms with Crippen molar-refractivity contribution in [1.82, 2.24) is 20.2 Å². The van der Waals surface area contributed by atoms with Crippen LogP contribution in [0, 0.1) is 0 Å². The van der Waals surface area contributed by atoms with Crippen molar-refractivity contribution in [2.24, 2.45) is 0 Å². The molecule has 0 aliphatic carbocycles. The van der Waals surface area contributed by atoms with Crippen molar-refractivity contribution in [1.29, 1.82) is 0 Å². The molecule has 3 aromatic rings. The van der Waals surface area contributed by atoms with E-state index in [1.807, 2.05) is 30.3 Å². The van der Waals surface area contributed by atoms with E-state index in [2.05, 4.69) is 20.2 Å². The van der Waals surface area contributed by atoms with Crippen molar-refractivity contribution < 1.29 is 9.53 Å². The molecule has 28 heavy (non-hydrogen) atoms. The predicted molar refractivity (Wildman–Crippen MR) is 110 cm³/mol. The number of aromatic nitrogens is 2. The van der Waals surface area contributed by atoms with E-state index in [4.69, 9.17) is 16.3 Å². The molecule has 1 saturated heterocycles. The van der Waals surface area contributed by atoms with Gasteiger partial charge in [-0.1, -0.05) is 29.8 Å². The van der Waals surface area contributed by atoms with Crippen molar-refractivity contribution in [3.05, 3.63) is 59.2 Å². The molecular weight excluding hydrogens is 376 g/mol. The van der Waals surface area contributed by atoms with Gasteiger partial charge in [0, 0.05) is 37.8 Å². The summed E-state index contributed by atoms with van der Waals surface area (Å²) in [6, 6.07) is 12.9. The van der Waals surface area contributed by atoms with Gasteiger partial charge in [0.25, 0.3) is 5.91 Å². The number of amides is 1. The van der Waals surface area contributed by atoms with E-state index in [1.165, 1.54) is 0 Å². The molecule has 7 heteroatoms. The molecule has 3 heterocycles. The van der Waals surface area contributed by atoms with Crippen LogP contribution in [0.1, 0.15) is 10.4 Å². The summed E-state index contributed by atoms with van der Waals surface area (Å²) in [5.74, 6) is -0.139. The van der Waals surface area contributed by atoms with Gasteiger partial charge >= 0.3 is 0 Å². The molecule has 1 aliphatic heterocycles. The van der Waals surface area contributed by atoms with Crippen LogP contribution in [0.4, 0.5) is 0 Å². The van der Waals surface area contributed by atoms with E-state index in [1.54, 1.807) is 18.3 Å². The number of fused-ring (bicyclic) bond motifs is 1. The summed E-state index contributed by atoms with van der Waals surface area (Å²) in [6.07, 6.45) is 1.70. The minimum absolute atomic E-state index is 0.139. The average Bonchev–Trinajstić information content (AvgIpc) is 2.75. The fraction of sp³-hybridized carbons (Fsp3) is 0.286. The molecule has 1 aliphatic rings. The number of carbonyl (C=O) groups is 1. The van der Waals surface area contributed by atoms with Gasteiger partial charge in [-0.2, -0.15) is 0 Å². The maximum absolute atomic E-state index is 12.9. The molecule has 0 bridgehead atoms. The summed E-state index contributed by atoms with van der Waals surface area (Å²) in [4.78, 5) is 24.2. The van der Waals surface area contributed by atoms with Gasteiger partial charge in [-0.15, -0.1) is 0 Å². The van der Waals surface area contributed by atoms with E-state index < -0.39 is 0 Å². The van der Waals surface area contributed by atoms with Crippen LogP contribution in [0.5, 0.6) is 0 Å². The quantitative estimate of drug-likeness (QED) is 0.718. The molecule has 1 fully saturated rings. The largest absolute Gasteiger partial charge is 0.379 e. The third-order valence-corrected chi connectivity index (χ3v) is 5.08. The van der Waals surface area contributed by atoms with Crippen molar-refractivity contribution in [2.45, 2.75) is 0 Å². The second-order valence-electron chi connectivity index (χ2n) is 6.62. The Morgan fingerprint density at radius 3 is 2.79 bits per heavy atom. The molecule has 1 N–H and O–H groups in total. The lowest BCUT2D eigenvalue weighted by Crippen LogP contribution is -2.41. The summed E-state index contributed by atoms with van der Waals surface area (Å²) >= 11 is 6.37. The number of hydrogen-bond donors (Lipinski definition) is 1. The maximum atomic E-state index is 12.9. The first-order valence-corrected chi connectivity index (χ1v) is 9.69. The third kappa shape index (κ3) is 4.14. The number of pyridine rings is 2. The number of nitrogens with one attached hydrogen (secondary N) is 1. The lowest BCUT2D eigenvalue weighted by molar-refractivity contribution is 0.0383. The van der Waals surface area contributed by atoms with Gasteiger partial charge in [-0.3, -0.25) is 14.7 Å². The Balaban J connectivity index is 1.61. The Morgan fingerprint density at radius 2 is 2.00 bits per heavy atom. The Kier molecular flexibility index (Phi) is 5.81. The second kappa shape index (κ2) is 8.65. The van der Waals surface area contributed by atoms with Gasteiger partial charge in [0.15, 0.2) is 0 Å². The Morgan fingerprint density at radius 1 is 1.14 bits per heavy atom. The highest BCUT2D eigenvalue weighted by atomic mass is 35.5. The van der Waals surface area contributed by atoms with E-state index in [0.717, 1.165) is 38.2 Å². The SMILES string of the molecule is O=C(NCCN1CCOCC1)c1cc(-c2ccccn2)nc2c(Cl)cccc12. The highest BCUT2D eigenvalue weighted by Crippen LogP contribution is 2.28. The van der Waals surface area contributed by atoms with Gasteiger partial charge in [0.1, 0.15) is 0 Å². The van der Waals surface area contributed by atoms with Crippen LogP contribution in [-0.4, -0.2) is 60.2 Å². The number of nitrogens with zero attached hydrogens (tertiary/aromatic N) is 3. The van der Waals surface area contributed by atoms with Crippen LogP contribution < -0.4 is 5.32 Å². The number of hydrogen-bond acceptors (Lipinski definition) is 5. The topological polar surface area (TPSA) is 67.4 Å². The maximum Gasteiger partial charge on any atom is 0.252 e. The molecule has 4 rings (SSSR count). The zero-order chi connectivity index (χ0) is 19.3. The average molecular weight is 397 g/mol. The number of benzene rings is 1. The number of morpholine rings is 1. The van der Waals surface area contributed by atoms with Crippen molar-refractivity contribution in [3.8, 4) is 11.4 Å². The van der Waals surface area contributed by atoms with Crippen molar-refractivity contribution in [3.63, 3.8) is 0 Å². The Labute approximate surface area is 168 Å². The number of rotatable bonds is 5. The van der Waals surface area contributed by atoms with Gasteiger partial charge in [-0.05, 0) is 24.3 Å². The summed E-state index contributed by atoms with van der Waals surface area (Å²) in [7, 11) is 0. The molecule has 0 spiro atoms. The molecule has 0 unspecified atom stereocenters. The first-order valence-electron chi connectivity index (χ1n) is 9.31. The van der Waals surface area contributed by atoms with Crippen LogP contribution >= 0.6 is 11.6 Å². The highest BCUT2D eigenvalue weighted by Gasteiger charge is 2.16. The van der Waals surface area contributed by atoms with Crippen LogP contribution in [0.25, 0.3) is 22.3 Å². The van der Waals surface area contributed by atoms with Crippen LogP contribution in [-0.2, 0) is 4.74 Å². The monoisotopic (exact) mass is 396 g/mol. The molecular formula is C21H21ClN4O2. The molecule has 0 radical (unpaired) electrons. The highest BCUT2D eigenvalue weighted by molar-refractivity contribution is 6.35. The van der Waals surface area contributed by atoms with Crippen LogP contribution in [0.2, 0.25) is 5.02 Å². The minimum Gasteiger partial charge on any atom is -0.379 e. The fourth-order valence-electron chi connectivity index (χ4n) is 3.29. The van der Waals surface area contributed by atoms with Crippen molar-refractivity contribution >= 4 is 28.4 Å². The van der Waals surface area contributed by atoms with E-state index in [-0.39, 0.29) is 5.91 Å². The Bertz CT molecular complexity index is 975. The van der Waals surface area contributed by atoms with Crippen LogP contribution in [0.15, 0.2) is 48.7 Å². The van der Waals surface area contributed by atoms with Gasteiger partial charge in [0.05, 0.1) is 40.7 Å². The number of ether oxygens (including phenoxy) is 1. The molecule has 0 saturated carbocycles. The van der Waals surface area contributed by atoms with Gasteiger partial charge < -0.3 is 10.1 Å². The smallest absolute Gasteiger partial charge is 0.252 e. The third-order valence-electron chi connectivity index (χ3n) is 4.78. The summed E-state index contributed by atoms with van der Waals surface area (Å²) < 4.78 is 5.36. The number of carbonyl (C=O) groups excluding carboxylic acids is 1. The lowest BCUT2D eigenvalue weighted by Gasteiger charge is -2.26. The van der Waals surface area contributed by atoms with E-state index >= 15 is 0 Å². The van der Waals surface area contributed by atoms with Crippen molar-refractivity contribution in [2.75, 3.05) is 39.4 Å². The molecule has 144 valence electrons. The van der Waals surface area contributed by atoms with E-state index in [9.17, 15) is 4.79 Å². The zero-order valence-corrected chi connectivity index (χ0v) is 16.2. The number of para-hydroxylation sites is 1. The summed E-state index contributed by atoms with van der Waals surface area (Å²) in [5, 5.41) is 4.27. The zero-order valence-electron chi connectivity index (χ0n) is 15.4. The molecule has 0 atom stereocenters. The Hall–Kier alpha value is -2.54. The molecule has 2 aromatic heterocycles. The summed E-state index contributed by atoms with van der Waals surface area (Å²) in [5.41, 5.74) is 2.48. The standard InChI is InChI=1S/C21H21ClN4O2/c22-17-5-3-4-15-16(21(27)24-8-9-26-10-12-28-13-11-26)14-19(25-20(15)17)18-6-1-2-7-23-18/h1-7,14H,8-13H2,(H,24,27). The second-order valence-corrected chi connectivity index (χ2v) is 7.02. The minimum atomic E-state index is -0.139. The molecule has 6 nitrogen and oxygen atoms in total. The van der Waals surface area contributed by atoms with Gasteiger partial charge in [-0.25, -0.2) is 4.98 Å². The molecule has 1 aromatic carbocycles. The molecule has 1 amide bonds. The van der Waals surface area contributed by atoms with Gasteiger partial charge in [0.2, 0.25) is 0 Å². The van der Waals surface area contributed by atoms with Crippen LogP contribution in [0.3, 0.4) is 0 Å². The summed E-state index contributed by atoms with van der Waals surface area (Å²) in [6.45, 7) is 4.65. The number of halogens is 1. The van der Waals surface area contributed by atoms with E-state index in [0.29, 0.717) is 34.0 Å². The fourth-order valence-corrected chi connectivity index (χ4v) is 3.51. The predicted octanol–water partition coefficient (Wildman–Crippen LogP) is 3.01. The normalized spacial score (nSPS) is 14.9. The lowest BCUT2D eigenvalue weighted by atomic mass is 10.1. The first-order chi connectivity index (χ1) is 13.7.